The second-order valence-corrected chi connectivity index (χ2v) is 10.6. The Morgan fingerprint density at radius 1 is 1.12 bits per heavy atom. The van der Waals surface area contributed by atoms with Gasteiger partial charge < -0.3 is 14.8 Å². The van der Waals surface area contributed by atoms with Gasteiger partial charge in [-0.15, -0.1) is 0 Å². The van der Waals surface area contributed by atoms with Crippen LogP contribution in [0, 0.1) is 0 Å². The summed E-state index contributed by atoms with van der Waals surface area (Å²) in [6.07, 6.45) is 1.65. The lowest BCUT2D eigenvalue weighted by atomic mass is 10.2. The lowest BCUT2D eigenvalue weighted by molar-refractivity contribution is -0.118. The summed E-state index contributed by atoms with van der Waals surface area (Å²) in [5.74, 6) is 0.0820. The first-order valence-electron chi connectivity index (χ1n) is 9.69. The van der Waals surface area contributed by atoms with Crippen LogP contribution in [-0.2, 0) is 19.6 Å². The molecule has 11 heteroatoms. The standard InChI is InChI=1S/C21H19Br2N3O5S/c22-17-12-18(23)21(20-16(17)2-1-7-24-20)31-13-19(27)25-14-3-5-15(6-4-14)32(28,29)26-8-10-30-11-9-26/h1-7,12H,8-11,13H2,(H,25,27). The molecular formula is C21H19Br2N3O5S. The number of halogens is 2. The number of pyridine rings is 1. The predicted molar refractivity (Wildman–Crippen MR) is 127 cm³/mol. The highest BCUT2D eigenvalue weighted by atomic mass is 79.9. The lowest BCUT2D eigenvalue weighted by Crippen LogP contribution is -2.40. The van der Waals surface area contributed by atoms with Gasteiger partial charge in [-0.2, -0.15) is 4.31 Å². The Labute approximate surface area is 202 Å². The van der Waals surface area contributed by atoms with Crippen molar-refractivity contribution in [1.82, 2.24) is 9.29 Å². The predicted octanol–water partition coefficient (Wildman–Crippen LogP) is 3.80. The molecule has 0 unspecified atom stereocenters. The fourth-order valence-electron chi connectivity index (χ4n) is 3.26. The summed E-state index contributed by atoms with van der Waals surface area (Å²) < 4.78 is 39.3. The zero-order chi connectivity index (χ0) is 22.7. The second kappa shape index (κ2) is 9.84. The fraction of sp³-hybridized carbons (Fsp3) is 0.238. The average Bonchev–Trinajstić information content (AvgIpc) is 2.80. The molecule has 0 spiro atoms. The molecule has 2 aromatic carbocycles. The Morgan fingerprint density at radius 3 is 2.56 bits per heavy atom. The second-order valence-electron chi connectivity index (χ2n) is 6.95. The van der Waals surface area contributed by atoms with Crippen LogP contribution in [-0.4, -0.2) is 56.5 Å². The number of morpholine rings is 1. The van der Waals surface area contributed by atoms with Crippen molar-refractivity contribution in [2.45, 2.75) is 4.90 Å². The highest BCUT2D eigenvalue weighted by Crippen LogP contribution is 2.37. The first-order valence-corrected chi connectivity index (χ1v) is 12.7. The minimum Gasteiger partial charge on any atom is -0.480 e. The van der Waals surface area contributed by atoms with E-state index in [1.807, 2.05) is 18.2 Å². The minimum atomic E-state index is -3.58. The first kappa shape index (κ1) is 23.1. The third-order valence-electron chi connectivity index (χ3n) is 4.84. The molecular weight excluding hydrogens is 566 g/mol. The summed E-state index contributed by atoms with van der Waals surface area (Å²) in [6.45, 7) is 1.18. The Morgan fingerprint density at radius 2 is 1.84 bits per heavy atom. The SMILES string of the molecule is O=C(COc1c(Br)cc(Br)c2cccnc12)Nc1ccc(S(=O)(=O)N2CCOCC2)cc1. The molecule has 4 rings (SSSR count). The van der Waals surface area contributed by atoms with Gasteiger partial charge in [-0.25, -0.2) is 8.42 Å². The van der Waals surface area contributed by atoms with Gasteiger partial charge in [0.2, 0.25) is 10.0 Å². The molecule has 8 nitrogen and oxygen atoms in total. The highest BCUT2D eigenvalue weighted by Gasteiger charge is 2.26. The molecule has 0 atom stereocenters. The van der Waals surface area contributed by atoms with E-state index in [2.05, 4.69) is 42.2 Å². The van der Waals surface area contributed by atoms with Crippen molar-refractivity contribution in [3.63, 3.8) is 0 Å². The van der Waals surface area contributed by atoms with E-state index in [1.165, 1.54) is 16.4 Å². The molecule has 168 valence electrons. The number of benzene rings is 2. The van der Waals surface area contributed by atoms with Crippen LogP contribution in [0.4, 0.5) is 5.69 Å². The van der Waals surface area contributed by atoms with Gasteiger partial charge in [0.25, 0.3) is 5.91 Å². The molecule has 1 N–H and O–H groups in total. The van der Waals surface area contributed by atoms with E-state index in [0.29, 0.717) is 47.7 Å². The zero-order valence-corrected chi connectivity index (χ0v) is 20.7. The molecule has 0 aliphatic carbocycles. The molecule has 1 fully saturated rings. The molecule has 1 aliphatic heterocycles. The third-order valence-corrected chi connectivity index (χ3v) is 8.00. The number of hydrogen-bond donors (Lipinski definition) is 1. The molecule has 1 aromatic heterocycles. The Kier molecular flexibility index (Phi) is 7.11. The molecule has 0 bridgehead atoms. The van der Waals surface area contributed by atoms with E-state index in [4.69, 9.17) is 9.47 Å². The summed E-state index contributed by atoms with van der Waals surface area (Å²) in [6, 6.07) is 11.6. The number of hydrogen-bond acceptors (Lipinski definition) is 6. The maximum Gasteiger partial charge on any atom is 0.262 e. The van der Waals surface area contributed by atoms with Crippen LogP contribution in [0.15, 0.2) is 62.5 Å². The number of fused-ring (bicyclic) bond motifs is 1. The molecule has 0 radical (unpaired) electrons. The van der Waals surface area contributed by atoms with Crippen LogP contribution in [0.3, 0.4) is 0 Å². The van der Waals surface area contributed by atoms with Crippen molar-refractivity contribution in [1.29, 1.82) is 0 Å². The summed E-state index contributed by atoms with van der Waals surface area (Å²) in [5.41, 5.74) is 1.09. The molecule has 1 saturated heterocycles. The van der Waals surface area contributed by atoms with Crippen LogP contribution in [0.5, 0.6) is 5.75 Å². The number of nitrogens with zero attached hydrogens (tertiary/aromatic N) is 2. The number of ether oxygens (including phenoxy) is 2. The number of anilines is 1. The topological polar surface area (TPSA) is 97.8 Å². The maximum atomic E-state index is 12.7. The van der Waals surface area contributed by atoms with Crippen LogP contribution in [0.2, 0.25) is 0 Å². The third kappa shape index (κ3) is 4.96. The zero-order valence-electron chi connectivity index (χ0n) is 16.8. The summed E-state index contributed by atoms with van der Waals surface area (Å²) in [4.78, 5) is 16.9. The first-order chi connectivity index (χ1) is 15.4. The van der Waals surface area contributed by atoms with Gasteiger partial charge in [-0.05, 0) is 52.3 Å². The van der Waals surface area contributed by atoms with Crippen LogP contribution in [0.25, 0.3) is 10.9 Å². The summed E-state index contributed by atoms with van der Waals surface area (Å²) in [7, 11) is -3.58. The van der Waals surface area contributed by atoms with E-state index in [1.54, 1.807) is 18.3 Å². The van der Waals surface area contributed by atoms with Gasteiger partial charge in [0.05, 0.1) is 22.6 Å². The van der Waals surface area contributed by atoms with Gasteiger partial charge >= 0.3 is 0 Å². The number of carbonyl (C=O) groups is 1. The minimum absolute atomic E-state index is 0.171. The van der Waals surface area contributed by atoms with Crippen molar-refractivity contribution >= 4 is 64.4 Å². The molecule has 3 aromatic rings. The van der Waals surface area contributed by atoms with Crippen molar-refractivity contribution < 1.29 is 22.7 Å². The van der Waals surface area contributed by atoms with Crippen molar-refractivity contribution in [2.75, 3.05) is 38.2 Å². The molecule has 0 saturated carbocycles. The number of sulfonamides is 1. The van der Waals surface area contributed by atoms with E-state index < -0.39 is 10.0 Å². The normalized spacial score (nSPS) is 14.9. The van der Waals surface area contributed by atoms with E-state index >= 15 is 0 Å². The Balaban J connectivity index is 1.42. The summed E-state index contributed by atoms with van der Waals surface area (Å²) in [5, 5.41) is 3.58. The van der Waals surface area contributed by atoms with Crippen molar-refractivity contribution in [3.05, 3.63) is 57.6 Å². The van der Waals surface area contributed by atoms with Gasteiger partial charge in [-0.3, -0.25) is 9.78 Å². The van der Waals surface area contributed by atoms with Crippen LogP contribution >= 0.6 is 31.9 Å². The molecule has 32 heavy (non-hydrogen) atoms. The fourth-order valence-corrected chi connectivity index (χ4v) is 6.06. The Hall–Kier alpha value is -2.05. The van der Waals surface area contributed by atoms with E-state index in [-0.39, 0.29) is 17.4 Å². The largest absolute Gasteiger partial charge is 0.480 e. The monoisotopic (exact) mass is 583 g/mol. The number of aromatic nitrogens is 1. The van der Waals surface area contributed by atoms with Gasteiger partial charge in [0, 0.05) is 34.8 Å². The average molecular weight is 585 g/mol. The number of rotatable bonds is 6. The number of nitrogens with one attached hydrogen (secondary N) is 1. The van der Waals surface area contributed by atoms with Gasteiger partial charge in [-0.1, -0.05) is 22.0 Å². The quantitative estimate of drug-likeness (QED) is 0.473. The Bertz CT molecular complexity index is 1250. The smallest absolute Gasteiger partial charge is 0.262 e. The van der Waals surface area contributed by atoms with Gasteiger partial charge in [0.15, 0.2) is 12.4 Å². The van der Waals surface area contributed by atoms with Crippen LogP contribution < -0.4 is 10.1 Å². The highest BCUT2D eigenvalue weighted by molar-refractivity contribution is 9.11. The summed E-state index contributed by atoms with van der Waals surface area (Å²) >= 11 is 6.94. The maximum absolute atomic E-state index is 12.7. The number of amides is 1. The van der Waals surface area contributed by atoms with Crippen LogP contribution in [0.1, 0.15) is 0 Å². The van der Waals surface area contributed by atoms with Crippen molar-refractivity contribution in [2.24, 2.45) is 0 Å². The molecule has 1 aliphatic rings. The van der Waals surface area contributed by atoms with E-state index in [0.717, 1.165) is 9.86 Å². The molecule has 2 heterocycles. The van der Waals surface area contributed by atoms with Gasteiger partial charge in [0.1, 0.15) is 5.52 Å². The molecule has 1 amide bonds. The number of carbonyl (C=O) groups excluding carboxylic acids is 1. The lowest BCUT2D eigenvalue weighted by Gasteiger charge is -2.26. The van der Waals surface area contributed by atoms with E-state index in [9.17, 15) is 13.2 Å². The van der Waals surface area contributed by atoms with Crippen molar-refractivity contribution in [3.8, 4) is 5.75 Å².